The van der Waals surface area contributed by atoms with Gasteiger partial charge in [0.25, 0.3) is 0 Å². The minimum atomic E-state index is 0. The zero-order chi connectivity index (χ0) is 16.2. The van der Waals surface area contributed by atoms with E-state index in [9.17, 15) is 4.79 Å². The van der Waals surface area contributed by atoms with Gasteiger partial charge in [-0.05, 0) is 26.5 Å². The van der Waals surface area contributed by atoms with Crippen molar-refractivity contribution >= 4 is 30.7 Å². The van der Waals surface area contributed by atoms with Crippen molar-refractivity contribution in [2.45, 2.75) is 32.9 Å². The van der Waals surface area contributed by atoms with Gasteiger partial charge in [0.2, 0.25) is 5.91 Å². The fraction of sp³-hybridized carbons (Fsp3) is 0.611. The van der Waals surface area contributed by atoms with E-state index in [0.29, 0.717) is 0 Å². The van der Waals surface area contributed by atoms with Crippen molar-refractivity contribution in [2.75, 3.05) is 33.2 Å². The van der Waals surface area contributed by atoms with Crippen LogP contribution in [0, 0.1) is 5.92 Å². The summed E-state index contributed by atoms with van der Waals surface area (Å²) in [5, 5.41) is 3.09. The Balaban J connectivity index is 0.00000264. The number of halogens is 2. The van der Waals surface area contributed by atoms with Crippen LogP contribution in [0.4, 0.5) is 0 Å². The molecule has 0 aromatic heterocycles. The Hall–Kier alpha value is -0.810. The molecule has 2 rings (SSSR count). The largest absolute Gasteiger partial charge is 0.339 e. The van der Waals surface area contributed by atoms with Crippen LogP contribution < -0.4 is 5.32 Å². The lowest BCUT2D eigenvalue weighted by molar-refractivity contribution is -0.140. The standard InChI is InChI=1S/C18H29N3O.2ClH/c1-15(12-19-4)17(22)20-10-11-21(18(2,3)14-20)13-16-8-6-5-7-9-16;;/h5-9,15,19H,10-14H2,1-4H3;2*1H. The number of carbonyl (C=O) groups is 1. The average Bonchev–Trinajstić information content (AvgIpc) is 2.49. The molecule has 1 unspecified atom stereocenters. The fourth-order valence-electron chi connectivity index (χ4n) is 3.18. The molecule has 1 amide bonds. The van der Waals surface area contributed by atoms with E-state index >= 15 is 0 Å². The van der Waals surface area contributed by atoms with Gasteiger partial charge < -0.3 is 10.2 Å². The Morgan fingerprint density at radius 3 is 2.38 bits per heavy atom. The maximum absolute atomic E-state index is 12.5. The predicted octanol–water partition coefficient (Wildman–Crippen LogP) is 2.81. The summed E-state index contributed by atoms with van der Waals surface area (Å²) in [4.78, 5) is 17.0. The third-order valence-corrected chi connectivity index (χ3v) is 4.53. The Kier molecular flexibility index (Phi) is 9.90. The molecule has 1 heterocycles. The van der Waals surface area contributed by atoms with Crippen LogP contribution in [0.15, 0.2) is 30.3 Å². The number of carbonyl (C=O) groups excluding carboxylic acids is 1. The first-order chi connectivity index (χ1) is 10.4. The number of benzene rings is 1. The van der Waals surface area contributed by atoms with Crippen LogP contribution in [0.1, 0.15) is 26.3 Å². The highest BCUT2D eigenvalue weighted by Crippen LogP contribution is 2.24. The van der Waals surface area contributed by atoms with Crippen molar-refractivity contribution in [3.05, 3.63) is 35.9 Å². The molecule has 1 aliphatic rings. The lowest BCUT2D eigenvalue weighted by Gasteiger charge is -2.47. The number of piperazine rings is 1. The highest BCUT2D eigenvalue weighted by atomic mass is 35.5. The summed E-state index contributed by atoms with van der Waals surface area (Å²) in [5.41, 5.74) is 1.34. The molecule has 24 heavy (non-hydrogen) atoms. The molecule has 1 N–H and O–H groups in total. The van der Waals surface area contributed by atoms with Crippen LogP contribution in [-0.4, -0.2) is 54.5 Å². The number of nitrogens with one attached hydrogen (secondary N) is 1. The lowest BCUT2D eigenvalue weighted by Crippen LogP contribution is -2.60. The molecular weight excluding hydrogens is 345 g/mol. The van der Waals surface area contributed by atoms with Gasteiger partial charge in [0.1, 0.15) is 0 Å². The summed E-state index contributed by atoms with van der Waals surface area (Å²) in [6.45, 7) is 10.7. The highest BCUT2D eigenvalue weighted by Gasteiger charge is 2.36. The zero-order valence-corrected chi connectivity index (χ0v) is 16.8. The number of rotatable bonds is 5. The molecule has 1 aromatic rings. The maximum Gasteiger partial charge on any atom is 0.226 e. The lowest BCUT2D eigenvalue weighted by atomic mass is 9.96. The first kappa shape index (κ1) is 23.2. The Bertz CT molecular complexity index is 496. The molecule has 138 valence electrons. The van der Waals surface area contributed by atoms with Gasteiger partial charge in [-0.1, -0.05) is 37.3 Å². The van der Waals surface area contributed by atoms with E-state index in [1.807, 2.05) is 18.9 Å². The first-order valence-electron chi connectivity index (χ1n) is 8.16. The van der Waals surface area contributed by atoms with Crippen molar-refractivity contribution < 1.29 is 4.79 Å². The second-order valence-corrected chi connectivity index (χ2v) is 6.94. The molecule has 0 spiro atoms. The van der Waals surface area contributed by atoms with Gasteiger partial charge in [0.05, 0.1) is 0 Å². The van der Waals surface area contributed by atoms with Gasteiger partial charge in [-0.3, -0.25) is 9.69 Å². The molecule has 1 fully saturated rings. The highest BCUT2D eigenvalue weighted by molar-refractivity contribution is 5.85. The normalized spacial score (nSPS) is 18.2. The van der Waals surface area contributed by atoms with Crippen LogP contribution in [0.2, 0.25) is 0 Å². The quantitative estimate of drug-likeness (QED) is 0.859. The van der Waals surface area contributed by atoms with Crippen molar-refractivity contribution in [3.8, 4) is 0 Å². The van der Waals surface area contributed by atoms with E-state index in [0.717, 1.165) is 32.7 Å². The number of nitrogens with zero attached hydrogens (tertiary/aromatic N) is 2. The van der Waals surface area contributed by atoms with Crippen molar-refractivity contribution in [1.82, 2.24) is 15.1 Å². The summed E-state index contributed by atoms with van der Waals surface area (Å²) >= 11 is 0. The molecule has 6 heteroatoms. The van der Waals surface area contributed by atoms with E-state index < -0.39 is 0 Å². The average molecular weight is 376 g/mol. The van der Waals surface area contributed by atoms with Crippen LogP contribution >= 0.6 is 24.8 Å². The molecule has 1 aromatic carbocycles. The summed E-state index contributed by atoms with van der Waals surface area (Å²) in [6, 6.07) is 10.6. The van der Waals surface area contributed by atoms with Crippen molar-refractivity contribution in [1.29, 1.82) is 0 Å². The van der Waals surface area contributed by atoms with Crippen LogP contribution in [0.3, 0.4) is 0 Å². The van der Waals surface area contributed by atoms with Gasteiger partial charge in [-0.15, -0.1) is 24.8 Å². The van der Waals surface area contributed by atoms with Gasteiger partial charge in [0.15, 0.2) is 0 Å². The zero-order valence-electron chi connectivity index (χ0n) is 15.1. The third-order valence-electron chi connectivity index (χ3n) is 4.53. The van der Waals surface area contributed by atoms with Gasteiger partial charge in [-0.25, -0.2) is 0 Å². The van der Waals surface area contributed by atoms with E-state index in [1.165, 1.54) is 5.56 Å². The predicted molar refractivity (Wildman–Crippen MR) is 105 cm³/mol. The Morgan fingerprint density at radius 2 is 1.83 bits per heavy atom. The molecule has 1 aliphatic heterocycles. The molecule has 1 saturated heterocycles. The topological polar surface area (TPSA) is 35.6 Å². The third kappa shape index (κ3) is 5.92. The monoisotopic (exact) mass is 375 g/mol. The van der Waals surface area contributed by atoms with Crippen LogP contribution in [0.5, 0.6) is 0 Å². The van der Waals surface area contributed by atoms with Crippen molar-refractivity contribution in [3.63, 3.8) is 0 Å². The van der Waals surface area contributed by atoms with Crippen LogP contribution in [-0.2, 0) is 11.3 Å². The summed E-state index contributed by atoms with van der Waals surface area (Å²) in [7, 11) is 1.89. The maximum atomic E-state index is 12.5. The number of hydrogen-bond donors (Lipinski definition) is 1. The first-order valence-corrected chi connectivity index (χ1v) is 8.16. The van der Waals surface area contributed by atoms with E-state index in [2.05, 4.69) is 54.4 Å². The second-order valence-electron chi connectivity index (χ2n) is 6.94. The van der Waals surface area contributed by atoms with E-state index in [4.69, 9.17) is 0 Å². The second kappa shape index (κ2) is 10.2. The summed E-state index contributed by atoms with van der Waals surface area (Å²) < 4.78 is 0. The Labute approximate surface area is 158 Å². The molecule has 1 atom stereocenters. The molecule has 0 saturated carbocycles. The molecule has 4 nitrogen and oxygen atoms in total. The van der Waals surface area contributed by atoms with Crippen molar-refractivity contribution in [2.24, 2.45) is 5.92 Å². The van der Waals surface area contributed by atoms with Gasteiger partial charge in [-0.2, -0.15) is 0 Å². The minimum absolute atomic E-state index is 0. The molecule has 0 radical (unpaired) electrons. The fourth-order valence-corrected chi connectivity index (χ4v) is 3.18. The molecule has 0 bridgehead atoms. The SMILES string of the molecule is CNCC(C)C(=O)N1CCN(Cc2ccccc2)C(C)(C)C1.Cl.Cl. The summed E-state index contributed by atoms with van der Waals surface area (Å²) in [5.74, 6) is 0.309. The molecule has 0 aliphatic carbocycles. The van der Waals surface area contributed by atoms with Gasteiger partial charge in [0, 0.05) is 44.2 Å². The molecular formula is C18H31Cl2N3O. The number of amides is 1. The summed E-state index contributed by atoms with van der Waals surface area (Å²) in [6.07, 6.45) is 0. The van der Waals surface area contributed by atoms with E-state index in [-0.39, 0.29) is 42.2 Å². The minimum Gasteiger partial charge on any atom is -0.339 e. The number of hydrogen-bond acceptors (Lipinski definition) is 3. The smallest absolute Gasteiger partial charge is 0.226 e. The Morgan fingerprint density at radius 1 is 1.21 bits per heavy atom. The van der Waals surface area contributed by atoms with Crippen LogP contribution in [0.25, 0.3) is 0 Å². The van der Waals surface area contributed by atoms with Gasteiger partial charge >= 0.3 is 0 Å². The van der Waals surface area contributed by atoms with E-state index in [1.54, 1.807) is 0 Å².